The fourth-order valence-electron chi connectivity index (χ4n) is 9.06. The smallest absolute Gasteiger partial charge is 0.413 e. The number of carbonyl (C=O) groups excluding carboxylic acids is 6. The number of methoxy groups -OCH3 is 1. The highest BCUT2D eigenvalue weighted by atomic mass is 28.4. The van der Waals surface area contributed by atoms with Gasteiger partial charge in [-0.2, -0.15) is 0 Å². The predicted octanol–water partition coefficient (Wildman–Crippen LogP) is 4.34. The normalized spacial score (nSPS) is 15.3. The summed E-state index contributed by atoms with van der Waals surface area (Å²) in [5.41, 5.74) is -1.71. The number of esters is 1. The van der Waals surface area contributed by atoms with Crippen LogP contribution in [0.3, 0.4) is 0 Å². The maximum absolute atomic E-state index is 13.8. The van der Waals surface area contributed by atoms with E-state index in [0.29, 0.717) is 24.2 Å². The summed E-state index contributed by atoms with van der Waals surface area (Å²) in [6, 6.07) is 6.77. The molecule has 0 radical (unpaired) electrons. The van der Waals surface area contributed by atoms with Crippen LogP contribution >= 0.6 is 0 Å². The number of anilines is 1. The Balaban J connectivity index is 1.05. The van der Waals surface area contributed by atoms with Gasteiger partial charge in [-0.1, -0.05) is 78.6 Å². The molecule has 5 amide bonds. The van der Waals surface area contributed by atoms with Gasteiger partial charge in [-0.15, -0.1) is 0 Å². The van der Waals surface area contributed by atoms with E-state index in [-0.39, 0.29) is 82.6 Å². The first-order valence-electron chi connectivity index (χ1n) is 29.0. The molecule has 0 saturated carbocycles. The zero-order chi connectivity index (χ0) is 66.0. The lowest BCUT2D eigenvalue weighted by atomic mass is 10.1. The van der Waals surface area contributed by atoms with Crippen molar-refractivity contribution in [2.24, 2.45) is 0 Å². The molecular weight excluding hydrogens is 1190 g/mol. The molecule has 5 heterocycles. The molecule has 4 aromatic heterocycles. The summed E-state index contributed by atoms with van der Waals surface area (Å²) in [5.74, 6) is 3.08. The number of H-pyrrole nitrogens is 2. The summed E-state index contributed by atoms with van der Waals surface area (Å²) in [6.07, 6.45) is 3.15. The van der Waals surface area contributed by atoms with Gasteiger partial charge in [0.15, 0.2) is 25.3 Å². The van der Waals surface area contributed by atoms with Crippen molar-refractivity contribution in [3.05, 3.63) is 113 Å². The highest BCUT2D eigenvalue weighted by molar-refractivity contribution is 6.81. The van der Waals surface area contributed by atoms with Crippen molar-refractivity contribution in [1.29, 1.82) is 0 Å². The molecule has 3 atom stereocenters. The molecule has 0 bridgehead atoms. The number of aryl methyl sites for hydroxylation is 1. The second-order valence-corrected chi connectivity index (χ2v) is 36.3. The lowest BCUT2D eigenvalue weighted by Crippen LogP contribution is -2.48. The van der Waals surface area contributed by atoms with Crippen LogP contribution in [0.25, 0.3) is 11.2 Å². The second kappa shape index (κ2) is 28.7. The number of alkyl carbamates (subject to hydrolysis) is 1. The number of aromatic nitrogens is 8. The Morgan fingerprint density at radius 3 is 2.02 bits per heavy atom. The SMILES string of the molecule is COC(=O)CN(CCNC(=O)CN(CCNC(=O)OC(C)(C)C)C(=O)Cn1cc(C)c(=O)[nH]c1=O)C(=O)Cn1cnc2c(NC(=O)OCc3ccc(C#Cc4cn([C@H]5CC([Si](C)(C)C(C)(C)C)[C@@H](CO[Si](C)(C)C(C)(C)C)O5)c(=O)[nH]c4=O)cc3)ncnc21. The number of imidazole rings is 1. The number of hydrogen-bond acceptors (Lipinski definition) is 18. The quantitative estimate of drug-likeness (QED) is 0.0278. The maximum atomic E-state index is 13.8. The lowest BCUT2D eigenvalue weighted by Gasteiger charge is -2.44. The Labute approximate surface area is 516 Å². The van der Waals surface area contributed by atoms with Gasteiger partial charge in [-0.05, 0) is 80.5 Å². The molecule has 0 spiro atoms. The average molecular weight is 1270 g/mol. The maximum Gasteiger partial charge on any atom is 0.413 e. The van der Waals surface area contributed by atoms with Crippen molar-refractivity contribution in [3.8, 4) is 11.8 Å². The Kier molecular flexibility index (Phi) is 22.5. The topological polar surface area (TPSA) is 344 Å². The molecule has 1 unspecified atom stereocenters. The molecule has 1 aliphatic rings. The number of aromatic amines is 2. The van der Waals surface area contributed by atoms with Gasteiger partial charge in [-0.3, -0.25) is 53.2 Å². The minimum Gasteiger partial charge on any atom is -0.468 e. The Hall–Kier alpha value is -8.54. The van der Waals surface area contributed by atoms with Crippen LogP contribution in [0.15, 0.2) is 68.5 Å². The number of amides is 5. The van der Waals surface area contributed by atoms with E-state index in [4.69, 9.17) is 23.4 Å². The summed E-state index contributed by atoms with van der Waals surface area (Å²) >= 11 is 0. The van der Waals surface area contributed by atoms with E-state index < -0.39 is 113 Å². The van der Waals surface area contributed by atoms with Gasteiger partial charge in [0.25, 0.3) is 11.1 Å². The van der Waals surface area contributed by atoms with Gasteiger partial charge in [-0.25, -0.2) is 34.1 Å². The molecule has 482 valence electrons. The predicted molar refractivity (Wildman–Crippen MR) is 334 cm³/mol. The summed E-state index contributed by atoms with van der Waals surface area (Å²) in [4.78, 5) is 149. The Morgan fingerprint density at radius 1 is 0.764 bits per heavy atom. The third-order valence-corrected chi connectivity index (χ3v) is 27.0. The zero-order valence-corrected chi connectivity index (χ0v) is 55.3. The molecule has 28 nitrogen and oxygen atoms in total. The van der Waals surface area contributed by atoms with Gasteiger partial charge in [0, 0.05) is 49.7 Å². The van der Waals surface area contributed by atoms with E-state index in [0.717, 1.165) is 27.8 Å². The first-order chi connectivity index (χ1) is 41.5. The number of carbonyl (C=O) groups is 6. The summed E-state index contributed by atoms with van der Waals surface area (Å²) in [7, 11) is -3.01. The van der Waals surface area contributed by atoms with E-state index in [1.54, 1.807) is 45.0 Å². The third kappa shape index (κ3) is 18.8. The van der Waals surface area contributed by atoms with Crippen LogP contribution in [-0.2, 0) is 62.2 Å². The largest absolute Gasteiger partial charge is 0.468 e. The molecule has 1 saturated heterocycles. The minimum atomic E-state index is -2.12. The number of benzene rings is 1. The monoisotopic (exact) mass is 1270 g/mol. The van der Waals surface area contributed by atoms with Crippen LogP contribution in [-0.4, -0.2) is 165 Å². The third-order valence-electron chi connectivity index (χ3n) is 16.2. The molecule has 6 rings (SSSR count). The van der Waals surface area contributed by atoms with Crippen LogP contribution in [0.4, 0.5) is 15.4 Å². The van der Waals surface area contributed by atoms with Gasteiger partial charge < -0.3 is 48.4 Å². The molecule has 1 aromatic carbocycles. The van der Waals surface area contributed by atoms with E-state index >= 15 is 0 Å². The Morgan fingerprint density at radius 2 is 1.39 bits per heavy atom. The lowest BCUT2D eigenvalue weighted by molar-refractivity contribution is -0.147. The van der Waals surface area contributed by atoms with Crippen molar-refractivity contribution in [3.63, 3.8) is 0 Å². The van der Waals surface area contributed by atoms with Crippen LogP contribution in [0.2, 0.25) is 41.8 Å². The second-order valence-electron chi connectivity index (χ2n) is 25.8. The molecular formula is C59H83N13O15Si2. The molecule has 0 aliphatic carbocycles. The van der Waals surface area contributed by atoms with Crippen LogP contribution in [0, 0.1) is 18.8 Å². The van der Waals surface area contributed by atoms with Crippen molar-refractivity contribution >= 4 is 69.3 Å². The number of hydrogen-bond donors (Lipinski definition) is 5. The number of nitrogens with zero attached hydrogens (tertiary/aromatic N) is 8. The molecule has 5 N–H and O–H groups in total. The van der Waals surface area contributed by atoms with Crippen LogP contribution in [0.1, 0.15) is 97.2 Å². The first-order valence-corrected chi connectivity index (χ1v) is 35.0. The highest BCUT2D eigenvalue weighted by Crippen LogP contribution is 2.53. The van der Waals surface area contributed by atoms with Gasteiger partial charge in [0.2, 0.25) is 17.7 Å². The average Bonchev–Trinajstić information content (AvgIpc) is 1.95. The van der Waals surface area contributed by atoms with Gasteiger partial charge in [0.05, 0.1) is 40.8 Å². The molecule has 1 aliphatic heterocycles. The summed E-state index contributed by atoms with van der Waals surface area (Å²) in [6.45, 7) is 26.4. The Bertz CT molecular complexity index is 3730. The van der Waals surface area contributed by atoms with Gasteiger partial charge >= 0.3 is 29.5 Å². The molecule has 30 heteroatoms. The standard InChI is InChI=1S/C59H83N13O15Si2/c1-37-27-70(53(79)66-51(37)77)30-44(74)68(25-23-61-55(81)87-57(2,3)4)29-43(73)60-22-24-69(32-47(76)83-11)45(75)31-71-36-64-48-49(62-35-63-50(48)71)65-56(82)84-33-39-18-16-38(17-19-39)20-21-40-28-72(54(80)67-52(40)78)46-26-42(88(12,13)58(5,6)7)41(86-46)34-85-89(14,15)59(8,9)10/h16-19,27-28,35-36,41-42,46H,22-26,29-34H2,1-15H3,(H,60,73)(H,61,81)(H,66,77,79)(H,67,78,80)(H,62,63,65,82)/t41-,42?,46-/m1/s1. The van der Waals surface area contributed by atoms with E-state index in [9.17, 15) is 47.9 Å². The van der Waals surface area contributed by atoms with Gasteiger partial charge in [0.1, 0.15) is 50.0 Å². The van der Waals surface area contributed by atoms with E-state index in [2.05, 4.69) is 120 Å². The van der Waals surface area contributed by atoms with E-state index in [1.165, 1.54) is 34.8 Å². The van der Waals surface area contributed by atoms with E-state index in [1.807, 2.05) is 0 Å². The minimum absolute atomic E-state index is 0.000916. The van der Waals surface area contributed by atoms with Crippen molar-refractivity contribution < 1.29 is 52.1 Å². The molecule has 89 heavy (non-hydrogen) atoms. The summed E-state index contributed by atoms with van der Waals surface area (Å²) < 4.78 is 32.7. The van der Waals surface area contributed by atoms with Crippen molar-refractivity contribution in [2.75, 3.05) is 58.3 Å². The van der Waals surface area contributed by atoms with Crippen molar-refractivity contribution in [1.82, 2.24) is 59.1 Å². The molecule has 1 fully saturated rings. The van der Waals surface area contributed by atoms with Crippen molar-refractivity contribution in [2.45, 2.75) is 155 Å². The fourth-order valence-corrected chi connectivity index (χ4v) is 13.1. The highest BCUT2D eigenvalue weighted by Gasteiger charge is 2.52. The number of nitrogens with one attached hydrogen (secondary N) is 5. The van der Waals surface area contributed by atoms with Crippen LogP contribution in [0.5, 0.6) is 0 Å². The summed E-state index contributed by atoms with van der Waals surface area (Å²) in [5, 5.41) is 7.71. The first kappa shape index (κ1) is 69.6. The number of fused-ring (bicyclic) bond motifs is 1. The molecule has 5 aromatic rings. The fraction of sp³-hybridized carbons (Fsp3) is 0.542. The number of rotatable bonds is 22. The van der Waals surface area contributed by atoms with Crippen LogP contribution < -0.4 is 38.4 Å². The zero-order valence-electron chi connectivity index (χ0n) is 53.3. The number of ether oxygens (including phenoxy) is 4.